The molecule has 15 heavy (non-hydrogen) atoms. The molecular weight excluding hydrogens is 192 g/mol. The minimum atomic E-state index is -0.598. The number of ether oxygens (including phenoxy) is 1. The number of benzene rings is 1. The highest BCUT2D eigenvalue weighted by molar-refractivity contribution is 5.70. The number of carbonyl (C=O) groups excluding carboxylic acids is 1. The van der Waals surface area contributed by atoms with E-state index in [0.29, 0.717) is 0 Å². The number of aliphatic hydroxyl groups is 1. The van der Waals surface area contributed by atoms with Crippen LogP contribution >= 0.6 is 0 Å². The molecule has 0 aliphatic heterocycles. The predicted octanol–water partition coefficient (Wildman–Crippen LogP) is 1.89. The zero-order chi connectivity index (χ0) is 10.9. The molecule has 0 saturated heterocycles. The van der Waals surface area contributed by atoms with Crippen molar-refractivity contribution in [2.45, 2.75) is 25.9 Å². The molecule has 3 nitrogen and oxygen atoms in total. The first-order valence-corrected chi connectivity index (χ1v) is 5.13. The van der Waals surface area contributed by atoms with Gasteiger partial charge in [0.2, 0.25) is 0 Å². The van der Waals surface area contributed by atoms with Crippen LogP contribution in [0.1, 0.15) is 24.8 Å². The van der Waals surface area contributed by atoms with Gasteiger partial charge in [-0.25, -0.2) is 4.79 Å². The lowest BCUT2D eigenvalue weighted by molar-refractivity contribution is -0.148. The molecule has 1 aliphatic carbocycles. The van der Waals surface area contributed by atoms with Gasteiger partial charge in [0.05, 0.1) is 0 Å². The van der Waals surface area contributed by atoms with E-state index in [1.165, 1.54) is 19.3 Å². The Balaban J connectivity index is 0.000000319. The van der Waals surface area contributed by atoms with Crippen LogP contribution in [-0.2, 0) is 16.1 Å². The molecule has 1 N–H and O–H groups in total. The van der Waals surface area contributed by atoms with Gasteiger partial charge >= 0.3 is 5.97 Å². The summed E-state index contributed by atoms with van der Waals surface area (Å²) < 4.78 is 4.69. The second-order valence-electron chi connectivity index (χ2n) is 3.37. The van der Waals surface area contributed by atoms with Crippen molar-refractivity contribution < 1.29 is 14.6 Å². The Morgan fingerprint density at radius 3 is 2.27 bits per heavy atom. The molecule has 1 aromatic rings. The van der Waals surface area contributed by atoms with Gasteiger partial charge in [0.1, 0.15) is 13.2 Å². The van der Waals surface area contributed by atoms with Crippen LogP contribution in [-0.4, -0.2) is 17.7 Å². The number of carbonyl (C=O) groups is 1. The highest BCUT2D eigenvalue weighted by atomic mass is 16.5. The van der Waals surface area contributed by atoms with Gasteiger partial charge in [-0.05, 0) is 5.56 Å². The Kier molecular flexibility index (Phi) is 5.48. The number of rotatable bonds is 3. The Morgan fingerprint density at radius 1 is 1.20 bits per heavy atom. The molecule has 1 fully saturated rings. The normalized spacial score (nSPS) is 12.3. The van der Waals surface area contributed by atoms with E-state index in [-0.39, 0.29) is 6.61 Å². The van der Waals surface area contributed by atoms with Crippen molar-refractivity contribution in [1.29, 1.82) is 0 Å². The molecule has 0 atom stereocenters. The monoisotopic (exact) mass is 208 g/mol. The van der Waals surface area contributed by atoms with Gasteiger partial charge in [-0.15, -0.1) is 0 Å². The van der Waals surface area contributed by atoms with Crippen LogP contribution in [0.2, 0.25) is 0 Å². The van der Waals surface area contributed by atoms with Crippen LogP contribution in [0.3, 0.4) is 0 Å². The predicted molar refractivity (Wildman–Crippen MR) is 57.2 cm³/mol. The Hall–Kier alpha value is -1.35. The molecule has 82 valence electrons. The summed E-state index contributed by atoms with van der Waals surface area (Å²) in [5, 5.41) is 8.34. The van der Waals surface area contributed by atoms with Gasteiger partial charge in [-0.3, -0.25) is 0 Å². The van der Waals surface area contributed by atoms with Crippen molar-refractivity contribution >= 4 is 5.97 Å². The van der Waals surface area contributed by atoms with Gasteiger partial charge in [-0.1, -0.05) is 49.6 Å². The van der Waals surface area contributed by atoms with Gasteiger partial charge < -0.3 is 9.84 Å². The molecule has 0 heterocycles. The molecule has 0 spiro atoms. The summed E-state index contributed by atoms with van der Waals surface area (Å²) >= 11 is 0. The topological polar surface area (TPSA) is 46.5 Å². The molecular formula is C12H16O3. The Labute approximate surface area is 89.7 Å². The van der Waals surface area contributed by atoms with Crippen LogP contribution in [0.15, 0.2) is 30.3 Å². The van der Waals surface area contributed by atoms with Gasteiger partial charge in [-0.2, -0.15) is 0 Å². The minimum Gasteiger partial charge on any atom is -0.459 e. The first-order valence-electron chi connectivity index (χ1n) is 5.13. The van der Waals surface area contributed by atoms with Crippen LogP contribution in [0, 0.1) is 0 Å². The Morgan fingerprint density at radius 2 is 1.80 bits per heavy atom. The fourth-order valence-corrected chi connectivity index (χ4v) is 0.784. The minimum absolute atomic E-state index is 0.222. The molecule has 0 amide bonds. The molecule has 1 aromatic carbocycles. The largest absolute Gasteiger partial charge is 0.459 e. The van der Waals surface area contributed by atoms with E-state index < -0.39 is 12.6 Å². The third-order valence-corrected chi connectivity index (χ3v) is 1.73. The smallest absolute Gasteiger partial charge is 0.332 e. The zero-order valence-electron chi connectivity index (χ0n) is 8.69. The van der Waals surface area contributed by atoms with E-state index in [2.05, 4.69) is 4.74 Å². The maximum atomic E-state index is 10.5. The molecule has 1 aliphatic rings. The van der Waals surface area contributed by atoms with Crippen molar-refractivity contribution in [3.05, 3.63) is 35.9 Å². The average molecular weight is 208 g/mol. The molecule has 1 saturated carbocycles. The summed E-state index contributed by atoms with van der Waals surface area (Å²) in [4.78, 5) is 10.5. The summed E-state index contributed by atoms with van der Waals surface area (Å²) in [5.74, 6) is -0.598. The maximum absolute atomic E-state index is 10.5. The van der Waals surface area contributed by atoms with E-state index >= 15 is 0 Å². The van der Waals surface area contributed by atoms with E-state index in [4.69, 9.17) is 5.11 Å². The van der Waals surface area contributed by atoms with Gasteiger partial charge in [0.15, 0.2) is 0 Å². The van der Waals surface area contributed by atoms with Gasteiger partial charge in [0, 0.05) is 0 Å². The summed E-state index contributed by atoms with van der Waals surface area (Å²) in [6.07, 6.45) is 4.50. The summed E-state index contributed by atoms with van der Waals surface area (Å²) in [6, 6.07) is 9.32. The first-order chi connectivity index (χ1) is 7.33. The number of esters is 1. The summed E-state index contributed by atoms with van der Waals surface area (Å²) in [5.41, 5.74) is 0.916. The zero-order valence-corrected chi connectivity index (χ0v) is 8.69. The van der Waals surface area contributed by atoms with E-state index in [1.807, 2.05) is 30.3 Å². The first kappa shape index (κ1) is 11.7. The highest BCUT2D eigenvalue weighted by Crippen LogP contribution is 2.14. The van der Waals surface area contributed by atoms with E-state index in [0.717, 1.165) is 5.56 Å². The van der Waals surface area contributed by atoms with Crippen molar-refractivity contribution in [1.82, 2.24) is 0 Å². The average Bonchev–Trinajstić information content (AvgIpc) is 3.15. The lowest BCUT2D eigenvalue weighted by Gasteiger charge is -2.01. The van der Waals surface area contributed by atoms with E-state index in [1.54, 1.807) is 0 Å². The third-order valence-electron chi connectivity index (χ3n) is 1.73. The van der Waals surface area contributed by atoms with E-state index in [9.17, 15) is 4.79 Å². The summed E-state index contributed by atoms with van der Waals surface area (Å²) in [7, 11) is 0. The van der Waals surface area contributed by atoms with Gasteiger partial charge in [0.25, 0.3) is 0 Å². The number of aliphatic hydroxyl groups excluding tert-OH is 1. The van der Waals surface area contributed by atoms with Crippen molar-refractivity contribution in [3.8, 4) is 0 Å². The quantitative estimate of drug-likeness (QED) is 0.771. The summed E-state index contributed by atoms with van der Waals surface area (Å²) in [6.45, 7) is -0.340. The number of hydrogen-bond donors (Lipinski definition) is 1. The molecule has 0 bridgehead atoms. The lowest BCUT2D eigenvalue weighted by Crippen LogP contribution is -2.08. The Bertz CT molecular complexity index is 277. The van der Waals surface area contributed by atoms with Crippen molar-refractivity contribution in [2.75, 3.05) is 6.61 Å². The maximum Gasteiger partial charge on any atom is 0.332 e. The van der Waals surface area contributed by atoms with Crippen LogP contribution in [0.5, 0.6) is 0 Å². The number of hydrogen-bond acceptors (Lipinski definition) is 3. The molecule has 0 unspecified atom stereocenters. The fraction of sp³-hybridized carbons (Fsp3) is 0.417. The highest BCUT2D eigenvalue weighted by Gasteiger charge is 1.98. The lowest BCUT2D eigenvalue weighted by atomic mass is 10.2. The molecule has 3 heteroatoms. The SMILES string of the molecule is C1CC1.O=C(CO)OCc1ccccc1. The second-order valence-corrected chi connectivity index (χ2v) is 3.37. The molecule has 2 rings (SSSR count). The van der Waals surface area contributed by atoms with Crippen LogP contribution in [0.4, 0.5) is 0 Å². The standard InChI is InChI=1S/C9H10O3.C3H6/c10-6-9(11)12-7-8-4-2-1-3-5-8;1-2-3-1/h1-5,10H,6-7H2;1-3H2. The fourth-order valence-electron chi connectivity index (χ4n) is 0.784. The van der Waals surface area contributed by atoms with Crippen LogP contribution in [0.25, 0.3) is 0 Å². The molecule has 0 aromatic heterocycles. The molecule has 0 radical (unpaired) electrons. The van der Waals surface area contributed by atoms with Crippen LogP contribution < -0.4 is 0 Å². The van der Waals surface area contributed by atoms with Crippen molar-refractivity contribution in [2.24, 2.45) is 0 Å². The van der Waals surface area contributed by atoms with Crippen molar-refractivity contribution in [3.63, 3.8) is 0 Å². The second kappa shape index (κ2) is 7.01. The third kappa shape index (κ3) is 6.69.